The van der Waals surface area contributed by atoms with E-state index in [1.54, 1.807) is 11.3 Å². The third-order valence-corrected chi connectivity index (χ3v) is 6.24. The molecule has 0 spiro atoms. The molecule has 0 bridgehead atoms. The normalized spacial score (nSPS) is 13.6. The van der Waals surface area contributed by atoms with E-state index < -0.39 is 0 Å². The number of rotatable bonds is 3. The molecule has 0 fully saturated rings. The Kier molecular flexibility index (Phi) is 4.31. The standard InChI is InChI=1S/C17H22N2O2S2/c1-6-21-15(20)14-11-8-7-10-9-18-19(5)13(10)12(11)16(22-14)23-17(2,3)4/h9H,6-8H2,1-5H3. The first-order chi connectivity index (χ1) is 10.8. The van der Waals surface area contributed by atoms with Crippen LogP contribution in [0.5, 0.6) is 0 Å². The van der Waals surface area contributed by atoms with Gasteiger partial charge in [-0.25, -0.2) is 4.79 Å². The number of hydrogen-bond donors (Lipinski definition) is 0. The average Bonchev–Trinajstić information content (AvgIpc) is 2.99. The quantitative estimate of drug-likeness (QED) is 0.611. The zero-order chi connectivity index (χ0) is 16.8. The van der Waals surface area contributed by atoms with Crippen LogP contribution in [0.3, 0.4) is 0 Å². The van der Waals surface area contributed by atoms with Gasteiger partial charge < -0.3 is 4.74 Å². The minimum Gasteiger partial charge on any atom is -0.462 e. The average molecular weight is 351 g/mol. The number of ether oxygens (including phenoxy) is 1. The second-order valence-electron chi connectivity index (χ2n) is 6.65. The van der Waals surface area contributed by atoms with Crippen LogP contribution in [0, 0.1) is 0 Å². The minimum absolute atomic E-state index is 0.0841. The van der Waals surface area contributed by atoms with Gasteiger partial charge >= 0.3 is 5.97 Å². The molecule has 0 amide bonds. The molecule has 0 unspecified atom stereocenters. The molecule has 4 nitrogen and oxygen atoms in total. The summed E-state index contributed by atoms with van der Waals surface area (Å²) < 4.78 is 8.49. The molecule has 0 N–H and O–H groups in total. The van der Waals surface area contributed by atoms with Crippen LogP contribution in [0.1, 0.15) is 48.5 Å². The fraction of sp³-hybridized carbons (Fsp3) is 0.529. The molecule has 124 valence electrons. The molecule has 0 aromatic carbocycles. The Bertz CT molecular complexity index is 753. The third-order valence-electron chi connectivity index (χ3n) is 3.73. The Morgan fingerprint density at radius 3 is 2.83 bits per heavy atom. The first-order valence-corrected chi connectivity index (χ1v) is 9.48. The van der Waals surface area contributed by atoms with E-state index in [1.165, 1.54) is 15.3 Å². The smallest absolute Gasteiger partial charge is 0.348 e. The highest BCUT2D eigenvalue weighted by atomic mass is 32.2. The van der Waals surface area contributed by atoms with Crippen molar-refractivity contribution in [2.24, 2.45) is 7.05 Å². The van der Waals surface area contributed by atoms with Crippen LogP contribution in [0.4, 0.5) is 0 Å². The number of nitrogens with zero attached hydrogens (tertiary/aromatic N) is 2. The second kappa shape index (κ2) is 5.98. The summed E-state index contributed by atoms with van der Waals surface area (Å²) in [6.45, 7) is 8.84. The van der Waals surface area contributed by atoms with E-state index >= 15 is 0 Å². The van der Waals surface area contributed by atoms with Gasteiger partial charge in [0.15, 0.2) is 0 Å². The molecule has 2 aromatic rings. The number of aromatic nitrogens is 2. The molecule has 6 heteroatoms. The predicted molar refractivity (Wildman–Crippen MR) is 95.5 cm³/mol. The Labute approximate surface area is 145 Å². The highest BCUT2D eigenvalue weighted by molar-refractivity contribution is 8.02. The third kappa shape index (κ3) is 3.06. The second-order valence-corrected chi connectivity index (χ2v) is 9.77. The zero-order valence-electron chi connectivity index (χ0n) is 14.2. The fourth-order valence-corrected chi connectivity index (χ4v) is 5.90. The topological polar surface area (TPSA) is 44.1 Å². The van der Waals surface area contributed by atoms with E-state index in [1.807, 2.05) is 36.6 Å². The summed E-state index contributed by atoms with van der Waals surface area (Å²) >= 11 is 3.39. The van der Waals surface area contributed by atoms with Crippen molar-refractivity contribution in [1.29, 1.82) is 0 Å². The first-order valence-electron chi connectivity index (χ1n) is 7.85. The molecular formula is C17H22N2O2S2. The maximum absolute atomic E-state index is 12.4. The number of hydrogen-bond acceptors (Lipinski definition) is 5. The van der Waals surface area contributed by atoms with Crippen LogP contribution in [-0.4, -0.2) is 27.1 Å². The molecule has 0 saturated heterocycles. The van der Waals surface area contributed by atoms with Gasteiger partial charge in [0.25, 0.3) is 0 Å². The lowest BCUT2D eigenvalue weighted by Gasteiger charge is -2.20. The number of esters is 1. The SMILES string of the molecule is CCOC(=O)c1sc(SC(C)(C)C)c2c1CCc1cnn(C)c1-2. The van der Waals surface area contributed by atoms with Crippen molar-refractivity contribution in [2.45, 2.75) is 49.5 Å². The summed E-state index contributed by atoms with van der Waals surface area (Å²) in [5, 5.41) is 4.42. The van der Waals surface area contributed by atoms with Crippen molar-refractivity contribution in [3.8, 4) is 11.3 Å². The van der Waals surface area contributed by atoms with E-state index in [9.17, 15) is 4.79 Å². The van der Waals surface area contributed by atoms with Crippen molar-refractivity contribution < 1.29 is 9.53 Å². The summed E-state index contributed by atoms with van der Waals surface area (Å²) in [5.74, 6) is -0.194. The molecule has 0 saturated carbocycles. The van der Waals surface area contributed by atoms with Gasteiger partial charge in [0.05, 0.1) is 22.7 Å². The molecule has 1 aliphatic carbocycles. The molecule has 0 aliphatic heterocycles. The Balaban J connectivity index is 2.18. The van der Waals surface area contributed by atoms with E-state index in [2.05, 4.69) is 25.9 Å². The van der Waals surface area contributed by atoms with Crippen molar-refractivity contribution in [2.75, 3.05) is 6.61 Å². The lowest BCUT2D eigenvalue weighted by Crippen LogP contribution is -2.11. The monoisotopic (exact) mass is 350 g/mol. The van der Waals surface area contributed by atoms with Crippen molar-refractivity contribution in [1.82, 2.24) is 9.78 Å². The molecule has 1 aliphatic rings. The number of thioether (sulfide) groups is 1. The lowest BCUT2D eigenvalue weighted by atomic mass is 9.92. The zero-order valence-corrected chi connectivity index (χ0v) is 15.9. The lowest BCUT2D eigenvalue weighted by molar-refractivity contribution is 0.0531. The highest BCUT2D eigenvalue weighted by Crippen LogP contribution is 2.49. The van der Waals surface area contributed by atoms with Crippen LogP contribution in [0.25, 0.3) is 11.3 Å². The van der Waals surface area contributed by atoms with Crippen molar-refractivity contribution in [3.05, 3.63) is 22.2 Å². The summed E-state index contributed by atoms with van der Waals surface area (Å²) in [4.78, 5) is 13.2. The summed E-state index contributed by atoms with van der Waals surface area (Å²) in [7, 11) is 1.97. The number of carbonyl (C=O) groups is 1. The maximum Gasteiger partial charge on any atom is 0.348 e. The predicted octanol–water partition coefficient (Wildman–Crippen LogP) is 4.31. The van der Waals surface area contributed by atoms with Gasteiger partial charge in [0.2, 0.25) is 0 Å². The van der Waals surface area contributed by atoms with Crippen LogP contribution < -0.4 is 0 Å². The molecular weight excluding hydrogens is 328 g/mol. The highest BCUT2D eigenvalue weighted by Gasteiger charge is 2.32. The molecule has 23 heavy (non-hydrogen) atoms. The Hall–Kier alpha value is -1.27. The van der Waals surface area contributed by atoms with Gasteiger partial charge in [0.1, 0.15) is 4.88 Å². The first kappa shape index (κ1) is 16.6. The van der Waals surface area contributed by atoms with Crippen molar-refractivity contribution in [3.63, 3.8) is 0 Å². The fourth-order valence-electron chi connectivity index (χ4n) is 2.88. The minimum atomic E-state index is -0.194. The summed E-state index contributed by atoms with van der Waals surface area (Å²) in [6.07, 6.45) is 3.76. The molecule has 0 radical (unpaired) electrons. The van der Waals surface area contributed by atoms with E-state index in [4.69, 9.17) is 4.74 Å². The number of carbonyl (C=O) groups excluding carboxylic acids is 1. The van der Waals surface area contributed by atoms with E-state index in [0.717, 1.165) is 29.0 Å². The van der Waals surface area contributed by atoms with Crippen LogP contribution in [0.15, 0.2) is 10.4 Å². The summed E-state index contributed by atoms with van der Waals surface area (Å²) in [6, 6.07) is 0. The van der Waals surface area contributed by atoms with Gasteiger partial charge in [-0.3, -0.25) is 4.68 Å². The van der Waals surface area contributed by atoms with E-state index in [-0.39, 0.29) is 10.7 Å². The summed E-state index contributed by atoms with van der Waals surface area (Å²) in [5.41, 5.74) is 4.75. The molecule has 2 aromatic heterocycles. The van der Waals surface area contributed by atoms with Crippen LogP contribution in [-0.2, 0) is 24.6 Å². The molecule has 2 heterocycles. The van der Waals surface area contributed by atoms with Crippen LogP contribution in [0.2, 0.25) is 0 Å². The van der Waals surface area contributed by atoms with Gasteiger partial charge in [0, 0.05) is 17.4 Å². The van der Waals surface area contributed by atoms with Gasteiger partial charge in [-0.1, -0.05) is 20.8 Å². The number of fused-ring (bicyclic) bond motifs is 3. The molecule has 3 rings (SSSR count). The van der Waals surface area contributed by atoms with Crippen LogP contribution >= 0.6 is 23.1 Å². The largest absolute Gasteiger partial charge is 0.462 e. The maximum atomic E-state index is 12.4. The number of thiophene rings is 1. The van der Waals surface area contributed by atoms with E-state index in [0.29, 0.717) is 6.61 Å². The van der Waals surface area contributed by atoms with Gasteiger partial charge in [-0.15, -0.1) is 23.1 Å². The van der Waals surface area contributed by atoms with Gasteiger partial charge in [-0.2, -0.15) is 5.10 Å². The Morgan fingerprint density at radius 1 is 1.43 bits per heavy atom. The molecule has 0 atom stereocenters. The van der Waals surface area contributed by atoms with Gasteiger partial charge in [-0.05, 0) is 30.9 Å². The van der Waals surface area contributed by atoms with Crippen molar-refractivity contribution >= 4 is 29.1 Å². The Morgan fingerprint density at radius 2 is 2.17 bits per heavy atom. The number of aryl methyl sites for hydroxylation is 2.